The molecule has 6 nitrogen and oxygen atoms in total. The van der Waals surface area contributed by atoms with E-state index in [9.17, 15) is 13.2 Å². The minimum Gasteiger partial charge on any atom is -0.312 e. The average molecular weight is 331 g/mol. The molecular formula is C16H17N3O3S. The molecule has 1 N–H and O–H groups in total. The second-order valence-electron chi connectivity index (χ2n) is 5.44. The number of aromatic nitrogens is 1. The average Bonchev–Trinajstić information content (AvgIpc) is 2.93. The maximum absolute atomic E-state index is 12.5. The van der Waals surface area contributed by atoms with Gasteiger partial charge in [0, 0.05) is 31.0 Å². The molecule has 3 rings (SSSR count). The van der Waals surface area contributed by atoms with Crippen LogP contribution in [-0.2, 0) is 14.8 Å². The van der Waals surface area contributed by atoms with Crippen molar-refractivity contribution < 1.29 is 13.2 Å². The summed E-state index contributed by atoms with van der Waals surface area (Å²) in [5, 5.41) is 0. The van der Waals surface area contributed by atoms with E-state index in [0.717, 1.165) is 12.1 Å². The van der Waals surface area contributed by atoms with Gasteiger partial charge in [0.1, 0.15) is 0 Å². The van der Waals surface area contributed by atoms with E-state index in [1.165, 1.54) is 12.4 Å². The monoisotopic (exact) mass is 331 g/mol. The Morgan fingerprint density at radius 1 is 1.17 bits per heavy atom. The van der Waals surface area contributed by atoms with Crippen molar-refractivity contribution in [3.8, 4) is 0 Å². The second-order valence-corrected chi connectivity index (χ2v) is 7.09. The second kappa shape index (κ2) is 6.00. The van der Waals surface area contributed by atoms with E-state index in [-0.39, 0.29) is 10.8 Å². The molecule has 1 saturated heterocycles. The number of nitrogens with one attached hydrogen (secondary N) is 1. The van der Waals surface area contributed by atoms with Gasteiger partial charge in [0.25, 0.3) is 10.0 Å². The Labute approximate surface area is 135 Å². The van der Waals surface area contributed by atoms with Crippen LogP contribution < -0.4 is 9.62 Å². The van der Waals surface area contributed by atoms with Gasteiger partial charge in [-0.15, -0.1) is 0 Å². The smallest absolute Gasteiger partial charge is 0.262 e. The van der Waals surface area contributed by atoms with Crippen LogP contribution >= 0.6 is 0 Å². The van der Waals surface area contributed by atoms with Gasteiger partial charge in [-0.1, -0.05) is 0 Å². The standard InChI is InChI=1S/C16H17N3O3S/c1-12-11-14(19-10-2-3-16(19)20)4-5-15(12)23(21,22)18-13-6-8-17-9-7-13/h4-9,11H,2-3,10H2,1H3,(H,17,18). The number of anilines is 2. The Balaban J connectivity index is 1.89. The fourth-order valence-corrected chi connectivity index (χ4v) is 3.94. The van der Waals surface area contributed by atoms with Gasteiger partial charge in [0.05, 0.1) is 10.6 Å². The molecule has 0 atom stereocenters. The van der Waals surface area contributed by atoms with Crippen molar-refractivity contribution in [2.24, 2.45) is 0 Å². The van der Waals surface area contributed by atoms with Crippen LogP contribution in [0.25, 0.3) is 0 Å². The van der Waals surface area contributed by atoms with Crippen LogP contribution in [-0.4, -0.2) is 25.9 Å². The number of aryl methyl sites for hydroxylation is 1. The number of nitrogens with zero attached hydrogens (tertiary/aromatic N) is 2. The summed E-state index contributed by atoms with van der Waals surface area (Å²) in [5.74, 6) is 0.0786. The van der Waals surface area contributed by atoms with Gasteiger partial charge in [0.15, 0.2) is 0 Å². The zero-order chi connectivity index (χ0) is 16.4. The van der Waals surface area contributed by atoms with Crippen molar-refractivity contribution in [2.45, 2.75) is 24.7 Å². The maximum Gasteiger partial charge on any atom is 0.262 e. The maximum atomic E-state index is 12.5. The third-order valence-corrected chi connectivity index (χ3v) is 5.31. The van der Waals surface area contributed by atoms with E-state index < -0.39 is 10.0 Å². The van der Waals surface area contributed by atoms with Crippen LogP contribution in [0.5, 0.6) is 0 Å². The molecule has 2 aromatic rings. The summed E-state index contributed by atoms with van der Waals surface area (Å²) in [7, 11) is -3.68. The number of carbonyl (C=O) groups is 1. The largest absolute Gasteiger partial charge is 0.312 e. The van der Waals surface area contributed by atoms with Gasteiger partial charge < -0.3 is 4.90 Å². The number of benzene rings is 1. The lowest BCUT2D eigenvalue weighted by molar-refractivity contribution is -0.117. The molecule has 2 heterocycles. The summed E-state index contributed by atoms with van der Waals surface area (Å²) in [5.41, 5.74) is 1.80. The summed E-state index contributed by atoms with van der Waals surface area (Å²) in [6.45, 7) is 2.41. The first-order chi connectivity index (χ1) is 11.0. The van der Waals surface area contributed by atoms with Crippen molar-refractivity contribution in [1.82, 2.24) is 4.98 Å². The molecule has 0 aliphatic carbocycles. The number of rotatable bonds is 4. The molecule has 0 radical (unpaired) electrons. The number of hydrogen-bond acceptors (Lipinski definition) is 4. The number of amides is 1. The Morgan fingerprint density at radius 3 is 2.52 bits per heavy atom. The molecule has 0 unspecified atom stereocenters. The van der Waals surface area contributed by atoms with Crippen molar-refractivity contribution >= 4 is 27.3 Å². The molecule has 1 aromatic carbocycles. The van der Waals surface area contributed by atoms with Crippen molar-refractivity contribution in [3.63, 3.8) is 0 Å². The first-order valence-corrected chi connectivity index (χ1v) is 8.79. The van der Waals surface area contributed by atoms with Crippen LogP contribution in [0.2, 0.25) is 0 Å². The fourth-order valence-electron chi connectivity index (χ4n) is 2.65. The van der Waals surface area contributed by atoms with Crippen molar-refractivity contribution in [2.75, 3.05) is 16.2 Å². The van der Waals surface area contributed by atoms with E-state index in [0.29, 0.717) is 24.2 Å². The minimum absolute atomic E-state index is 0.0786. The first-order valence-electron chi connectivity index (χ1n) is 7.31. The Kier molecular flexibility index (Phi) is 4.04. The Bertz CT molecular complexity index is 835. The highest BCUT2D eigenvalue weighted by molar-refractivity contribution is 7.92. The third kappa shape index (κ3) is 3.19. The van der Waals surface area contributed by atoms with E-state index in [4.69, 9.17) is 0 Å². The molecule has 7 heteroatoms. The van der Waals surface area contributed by atoms with Crippen LogP contribution in [0.3, 0.4) is 0 Å². The number of pyridine rings is 1. The lowest BCUT2D eigenvalue weighted by Gasteiger charge is -2.18. The van der Waals surface area contributed by atoms with Gasteiger partial charge in [-0.05, 0) is 49.2 Å². The highest BCUT2D eigenvalue weighted by Gasteiger charge is 2.23. The normalized spacial score (nSPS) is 15.0. The van der Waals surface area contributed by atoms with E-state index in [1.54, 1.807) is 42.2 Å². The van der Waals surface area contributed by atoms with Crippen molar-refractivity contribution in [1.29, 1.82) is 0 Å². The van der Waals surface area contributed by atoms with Gasteiger partial charge in [-0.2, -0.15) is 0 Å². The molecular weight excluding hydrogens is 314 g/mol. The predicted octanol–water partition coefficient (Wildman–Crippen LogP) is 2.32. The molecule has 23 heavy (non-hydrogen) atoms. The quantitative estimate of drug-likeness (QED) is 0.932. The zero-order valence-corrected chi connectivity index (χ0v) is 13.5. The molecule has 0 saturated carbocycles. The van der Waals surface area contributed by atoms with Gasteiger partial charge in [0.2, 0.25) is 5.91 Å². The summed E-state index contributed by atoms with van der Waals surface area (Å²) in [6.07, 6.45) is 4.42. The van der Waals surface area contributed by atoms with Crippen molar-refractivity contribution in [3.05, 3.63) is 48.3 Å². The number of hydrogen-bond donors (Lipinski definition) is 1. The predicted molar refractivity (Wildman–Crippen MR) is 87.8 cm³/mol. The number of carbonyl (C=O) groups excluding carboxylic acids is 1. The lowest BCUT2D eigenvalue weighted by Crippen LogP contribution is -2.24. The highest BCUT2D eigenvalue weighted by Crippen LogP contribution is 2.27. The lowest BCUT2D eigenvalue weighted by atomic mass is 10.2. The van der Waals surface area contributed by atoms with E-state index in [1.807, 2.05) is 0 Å². The summed E-state index contributed by atoms with van der Waals surface area (Å²) < 4.78 is 27.5. The van der Waals surface area contributed by atoms with Gasteiger partial charge in [-0.25, -0.2) is 8.42 Å². The Morgan fingerprint density at radius 2 is 1.91 bits per heavy atom. The van der Waals surface area contributed by atoms with Gasteiger partial charge >= 0.3 is 0 Å². The molecule has 1 aliphatic heterocycles. The molecule has 1 aliphatic rings. The summed E-state index contributed by atoms with van der Waals surface area (Å²) >= 11 is 0. The van der Waals surface area contributed by atoms with Crippen LogP contribution in [0, 0.1) is 6.92 Å². The summed E-state index contributed by atoms with van der Waals surface area (Å²) in [4.78, 5) is 17.5. The minimum atomic E-state index is -3.68. The summed E-state index contributed by atoms with van der Waals surface area (Å²) in [6, 6.07) is 8.13. The fraction of sp³-hybridized carbons (Fsp3) is 0.250. The topological polar surface area (TPSA) is 79.4 Å². The van der Waals surface area contributed by atoms with E-state index >= 15 is 0 Å². The third-order valence-electron chi connectivity index (χ3n) is 3.77. The molecule has 0 bridgehead atoms. The zero-order valence-electron chi connectivity index (χ0n) is 12.7. The van der Waals surface area contributed by atoms with E-state index in [2.05, 4.69) is 9.71 Å². The Hall–Kier alpha value is -2.41. The molecule has 1 amide bonds. The molecule has 1 fully saturated rings. The molecule has 0 spiro atoms. The number of sulfonamides is 1. The highest BCUT2D eigenvalue weighted by atomic mass is 32.2. The van der Waals surface area contributed by atoms with Gasteiger partial charge in [-0.3, -0.25) is 14.5 Å². The molecule has 1 aromatic heterocycles. The first kappa shape index (κ1) is 15.5. The molecule has 120 valence electrons. The van der Waals surface area contributed by atoms with Crippen LogP contribution in [0.15, 0.2) is 47.6 Å². The SMILES string of the molecule is Cc1cc(N2CCCC2=O)ccc1S(=O)(=O)Nc1ccncc1. The van der Waals surface area contributed by atoms with Crippen LogP contribution in [0.4, 0.5) is 11.4 Å². The van der Waals surface area contributed by atoms with Crippen LogP contribution in [0.1, 0.15) is 18.4 Å².